The maximum absolute atomic E-state index is 14.0. The van der Waals surface area contributed by atoms with Crippen molar-refractivity contribution in [2.24, 2.45) is 16.7 Å². The smallest absolute Gasteiger partial charge is 0.408 e. The van der Waals surface area contributed by atoms with Gasteiger partial charge in [0.1, 0.15) is 11.6 Å². The van der Waals surface area contributed by atoms with Gasteiger partial charge in [0.05, 0.1) is 18.6 Å². The zero-order valence-electron chi connectivity index (χ0n) is 29.2. The minimum absolute atomic E-state index is 0.221. The van der Waals surface area contributed by atoms with Gasteiger partial charge in [0, 0.05) is 18.9 Å². The highest BCUT2D eigenvalue weighted by molar-refractivity contribution is 6.37. The predicted octanol–water partition coefficient (Wildman–Crippen LogP) is 4.49. The third kappa shape index (κ3) is 11.6. The first-order chi connectivity index (χ1) is 21.1. The molecule has 256 valence electrons. The number of rotatable bonds is 13. The molecule has 46 heavy (non-hydrogen) atoms. The van der Waals surface area contributed by atoms with Crippen LogP contribution in [0.5, 0.6) is 0 Å². The number of hydrogen-bond donors (Lipinski definition) is 3. The van der Waals surface area contributed by atoms with Crippen molar-refractivity contribution in [3.8, 4) is 0 Å². The topological polar surface area (TPSA) is 151 Å². The molecule has 0 bridgehead atoms. The molecule has 11 nitrogen and oxygen atoms in total. The predicted molar refractivity (Wildman–Crippen MR) is 176 cm³/mol. The monoisotopic (exact) mass is 642 g/mol. The normalized spacial score (nSPS) is 18.1. The molecule has 1 saturated heterocycles. The molecule has 0 aliphatic carbocycles. The molecule has 4 atom stereocenters. The fraction of sp³-hybridized carbons (Fsp3) is 0.657. The summed E-state index contributed by atoms with van der Waals surface area (Å²) in [6.45, 7) is 18.1. The first-order valence-electron chi connectivity index (χ1n) is 16.1. The van der Waals surface area contributed by atoms with Crippen LogP contribution in [0.3, 0.4) is 0 Å². The SMILES string of the molecule is CCCC(CC(=O)[C@@H]1CC(C)(C)CN1C(=O)C(NC(=O)OC(C)(C)C)C(C)(C)C)C(=O)C(=O)NCC(=O)NC(C)c1ccccc1. The lowest BCUT2D eigenvalue weighted by molar-refractivity contribution is -0.144. The molecule has 1 heterocycles. The molecule has 0 spiro atoms. The third-order valence-corrected chi connectivity index (χ3v) is 7.92. The summed E-state index contributed by atoms with van der Waals surface area (Å²) in [5, 5.41) is 7.90. The number of carbonyl (C=O) groups is 6. The Bertz CT molecular complexity index is 1260. The molecule has 0 radical (unpaired) electrons. The van der Waals surface area contributed by atoms with Gasteiger partial charge < -0.3 is 25.6 Å². The Morgan fingerprint density at radius 1 is 0.978 bits per heavy atom. The van der Waals surface area contributed by atoms with Crippen LogP contribution < -0.4 is 16.0 Å². The van der Waals surface area contributed by atoms with Gasteiger partial charge in [0.25, 0.3) is 5.91 Å². The number of amides is 4. The van der Waals surface area contributed by atoms with Crippen LogP contribution in [0.25, 0.3) is 0 Å². The standard InChI is InChI=1S/C35H54N4O7/c1-11-15-24(28(42)30(43)36-20-27(41)37-22(2)23-16-13-12-14-17-23)18-26(40)25-19-35(9,10)21-39(25)31(44)29(33(3,4)5)38-32(45)46-34(6,7)8/h12-14,16-17,22,24-25,29H,11,15,18-21H2,1-10H3,(H,36,43)(H,37,41)(H,38,45)/t22?,24?,25-,29?/m0/s1. The largest absolute Gasteiger partial charge is 0.444 e. The minimum atomic E-state index is -0.971. The second kappa shape index (κ2) is 15.7. The Morgan fingerprint density at radius 2 is 1.59 bits per heavy atom. The zero-order chi connectivity index (χ0) is 35.0. The summed E-state index contributed by atoms with van der Waals surface area (Å²) in [5.41, 5.74) is -0.952. The van der Waals surface area contributed by atoms with Crippen molar-refractivity contribution in [2.75, 3.05) is 13.1 Å². The van der Waals surface area contributed by atoms with Crippen LogP contribution in [0, 0.1) is 16.7 Å². The van der Waals surface area contributed by atoms with Crippen LogP contribution >= 0.6 is 0 Å². The summed E-state index contributed by atoms with van der Waals surface area (Å²) in [6.07, 6.45) is 0.271. The summed E-state index contributed by atoms with van der Waals surface area (Å²) in [5.74, 6) is -3.78. The van der Waals surface area contributed by atoms with Crippen LogP contribution in [0.4, 0.5) is 4.79 Å². The number of carbonyl (C=O) groups excluding carboxylic acids is 6. The Labute approximate surface area is 274 Å². The number of nitrogens with one attached hydrogen (secondary N) is 3. The van der Waals surface area contributed by atoms with Crippen molar-refractivity contribution >= 4 is 35.4 Å². The Morgan fingerprint density at radius 3 is 2.13 bits per heavy atom. The van der Waals surface area contributed by atoms with Crippen molar-refractivity contribution < 1.29 is 33.5 Å². The molecule has 1 aromatic carbocycles. The number of benzene rings is 1. The van der Waals surface area contributed by atoms with E-state index in [1.165, 1.54) is 4.90 Å². The van der Waals surface area contributed by atoms with Gasteiger partial charge in [-0.05, 0) is 56.9 Å². The minimum Gasteiger partial charge on any atom is -0.444 e. The number of hydrogen-bond acceptors (Lipinski definition) is 7. The van der Waals surface area contributed by atoms with Crippen LogP contribution in [0.2, 0.25) is 0 Å². The van der Waals surface area contributed by atoms with Crippen molar-refractivity contribution in [3.05, 3.63) is 35.9 Å². The second-order valence-electron chi connectivity index (χ2n) is 15.2. The maximum Gasteiger partial charge on any atom is 0.408 e. The van der Waals surface area contributed by atoms with E-state index in [9.17, 15) is 28.8 Å². The van der Waals surface area contributed by atoms with Gasteiger partial charge in [-0.1, -0.05) is 78.3 Å². The van der Waals surface area contributed by atoms with E-state index in [1.54, 1.807) is 20.8 Å². The molecule has 4 amide bonds. The summed E-state index contributed by atoms with van der Waals surface area (Å²) < 4.78 is 5.41. The van der Waals surface area contributed by atoms with Crippen molar-refractivity contribution in [1.29, 1.82) is 0 Å². The van der Waals surface area contributed by atoms with Gasteiger partial charge in [-0.25, -0.2) is 4.79 Å². The molecule has 2 rings (SSSR count). The number of ether oxygens (including phenoxy) is 1. The van der Waals surface area contributed by atoms with Gasteiger partial charge in [-0.3, -0.25) is 24.0 Å². The lowest BCUT2D eigenvalue weighted by Crippen LogP contribution is -2.57. The highest BCUT2D eigenvalue weighted by Gasteiger charge is 2.48. The fourth-order valence-corrected chi connectivity index (χ4v) is 5.63. The van der Waals surface area contributed by atoms with E-state index in [4.69, 9.17) is 4.74 Å². The van der Waals surface area contributed by atoms with Gasteiger partial charge in [-0.2, -0.15) is 0 Å². The van der Waals surface area contributed by atoms with E-state index in [2.05, 4.69) is 16.0 Å². The van der Waals surface area contributed by atoms with E-state index >= 15 is 0 Å². The molecule has 1 aromatic rings. The highest BCUT2D eigenvalue weighted by atomic mass is 16.6. The molecule has 1 aliphatic rings. The van der Waals surface area contributed by atoms with E-state index in [1.807, 2.05) is 78.8 Å². The number of alkyl carbamates (subject to hydrolysis) is 1. The zero-order valence-corrected chi connectivity index (χ0v) is 29.2. The summed E-state index contributed by atoms with van der Waals surface area (Å²) in [7, 11) is 0. The van der Waals surface area contributed by atoms with Crippen molar-refractivity contribution in [3.63, 3.8) is 0 Å². The molecule has 11 heteroatoms. The first kappa shape index (κ1) is 38.4. The lowest BCUT2D eigenvalue weighted by Gasteiger charge is -2.36. The Hall–Kier alpha value is -3.76. The van der Waals surface area contributed by atoms with E-state index in [0.717, 1.165) is 5.56 Å². The Kier molecular flexibility index (Phi) is 13.1. The number of ketones is 2. The maximum atomic E-state index is 14.0. The van der Waals surface area contributed by atoms with Crippen LogP contribution in [-0.2, 0) is 28.7 Å². The lowest BCUT2D eigenvalue weighted by atomic mass is 9.85. The number of likely N-dealkylation sites (tertiary alicyclic amines) is 1. The highest BCUT2D eigenvalue weighted by Crippen LogP contribution is 2.37. The molecule has 0 aromatic heterocycles. The van der Waals surface area contributed by atoms with Gasteiger partial charge >= 0.3 is 6.09 Å². The number of nitrogens with zero attached hydrogens (tertiary/aromatic N) is 1. The number of Topliss-reactive ketones (excluding diaryl/α,β-unsaturated/α-hetero) is 2. The second-order valence-corrected chi connectivity index (χ2v) is 15.2. The van der Waals surface area contributed by atoms with Gasteiger partial charge in [0.15, 0.2) is 5.78 Å². The van der Waals surface area contributed by atoms with Crippen molar-refractivity contribution in [1.82, 2.24) is 20.9 Å². The van der Waals surface area contributed by atoms with E-state index < -0.39 is 64.0 Å². The molecule has 1 aliphatic heterocycles. The van der Waals surface area contributed by atoms with Crippen molar-refractivity contribution in [2.45, 2.75) is 119 Å². The molecule has 1 fully saturated rings. The van der Waals surface area contributed by atoms with Crippen LogP contribution in [0.1, 0.15) is 107 Å². The molecular weight excluding hydrogens is 588 g/mol. The quantitative estimate of drug-likeness (QED) is 0.268. The Balaban J connectivity index is 2.14. The average molecular weight is 643 g/mol. The fourth-order valence-electron chi connectivity index (χ4n) is 5.63. The summed E-state index contributed by atoms with van der Waals surface area (Å²) in [6, 6.07) is 7.26. The average Bonchev–Trinajstić information content (AvgIpc) is 3.28. The summed E-state index contributed by atoms with van der Waals surface area (Å²) >= 11 is 0. The molecule has 3 unspecified atom stereocenters. The van der Waals surface area contributed by atoms with E-state index in [0.29, 0.717) is 19.3 Å². The van der Waals surface area contributed by atoms with Gasteiger partial charge in [-0.15, -0.1) is 0 Å². The third-order valence-electron chi connectivity index (χ3n) is 7.92. The van der Waals surface area contributed by atoms with E-state index in [-0.39, 0.29) is 31.3 Å². The molecule has 3 N–H and O–H groups in total. The van der Waals surface area contributed by atoms with Crippen LogP contribution in [-0.4, -0.2) is 71.1 Å². The first-order valence-corrected chi connectivity index (χ1v) is 16.1. The van der Waals surface area contributed by atoms with Gasteiger partial charge in [0.2, 0.25) is 17.6 Å². The van der Waals surface area contributed by atoms with Crippen LogP contribution in [0.15, 0.2) is 30.3 Å². The summed E-state index contributed by atoms with van der Waals surface area (Å²) in [4.78, 5) is 80.5. The molecule has 0 saturated carbocycles. The molecular formula is C35H54N4O7.